The third kappa shape index (κ3) is 4.83. The molecular formula is C30H32N4O. The number of amides is 1. The number of nitrogens with one attached hydrogen (secondary N) is 1. The summed E-state index contributed by atoms with van der Waals surface area (Å²) in [6.45, 7) is 3.85. The zero-order chi connectivity index (χ0) is 24.2. The molecule has 5 heteroatoms. The number of nitrogens with zero attached hydrogens (tertiary/aromatic N) is 2. The van der Waals surface area contributed by atoms with Gasteiger partial charge in [-0.1, -0.05) is 85.3 Å². The number of rotatable bonds is 6. The first-order valence-corrected chi connectivity index (χ1v) is 12.5. The molecule has 1 unspecified atom stereocenters. The zero-order valence-corrected chi connectivity index (χ0v) is 20.2. The standard InChI is InChI=1S/C30H32N4O/c1-21(22-13-5-2-6-14-22)32-30(35)26-24-17-9-10-18-25(24)33-28(23-15-7-3-8-16-23)27(26)29(31)34-19-11-4-12-20-34/h2-3,5-10,13-18,21,29H,4,11-12,19-20,31H2,1H3,(H,32,35)/t21?,29-/m0/s1. The molecule has 0 saturated carbocycles. The van der Waals surface area contributed by atoms with Crippen LogP contribution in [0.4, 0.5) is 0 Å². The van der Waals surface area contributed by atoms with Gasteiger partial charge in [0.15, 0.2) is 0 Å². The van der Waals surface area contributed by atoms with Crippen molar-refractivity contribution < 1.29 is 4.79 Å². The third-order valence-electron chi connectivity index (χ3n) is 6.93. The van der Waals surface area contributed by atoms with Crippen molar-refractivity contribution in [3.05, 3.63) is 102 Å². The van der Waals surface area contributed by atoms with Gasteiger partial charge in [-0.25, -0.2) is 4.98 Å². The molecule has 1 aromatic heterocycles. The van der Waals surface area contributed by atoms with E-state index in [0.29, 0.717) is 5.56 Å². The number of carbonyl (C=O) groups excluding carboxylic acids is 1. The number of fused-ring (bicyclic) bond motifs is 1. The Morgan fingerprint density at radius 1 is 0.886 bits per heavy atom. The molecule has 0 aliphatic carbocycles. The number of pyridine rings is 1. The molecular weight excluding hydrogens is 432 g/mol. The van der Waals surface area contributed by atoms with Crippen LogP contribution >= 0.6 is 0 Å². The quantitative estimate of drug-likeness (QED) is 0.376. The summed E-state index contributed by atoms with van der Waals surface area (Å²) in [4.78, 5) is 21.4. The minimum atomic E-state index is -0.421. The van der Waals surface area contributed by atoms with Gasteiger partial charge in [0.2, 0.25) is 0 Å². The van der Waals surface area contributed by atoms with Gasteiger partial charge >= 0.3 is 0 Å². The highest BCUT2D eigenvalue weighted by atomic mass is 16.1. The topological polar surface area (TPSA) is 71.2 Å². The Balaban J connectivity index is 1.68. The maximum Gasteiger partial charge on any atom is 0.252 e. The Bertz CT molecular complexity index is 1300. The first-order chi connectivity index (χ1) is 17.1. The number of para-hydroxylation sites is 1. The van der Waals surface area contributed by atoms with E-state index < -0.39 is 6.17 Å². The molecule has 3 aromatic carbocycles. The molecule has 0 spiro atoms. The minimum absolute atomic E-state index is 0.125. The molecule has 1 amide bonds. The van der Waals surface area contributed by atoms with Crippen molar-refractivity contribution >= 4 is 16.8 Å². The summed E-state index contributed by atoms with van der Waals surface area (Å²) < 4.78 is 0. The van der Waals surface area contributed by atoms with Crippen LogP contribution < -0.4 is 11.1 Å². The number of nitrogens with two attached hydrogens (primary N) is 1. The predicted molar refractivity (Wildman–Crippen MR) is 142 cm³/mol. The predicted octanol–water partition coefficient (Wildman–Crippen LogP) is 5.84. The molecule has 0 radical (unpaired) electrons. The Kier molecular flexibility index (Phi) is 6.89. The van der Waals surface area contributed by atoms with Crippen LogP contribution in [0.2, 0.25) is 0 Å². The summed E-state index contributed by atoms with van der Waals surface area (Å²) >= 11 is 0. The fourth-order valence-corrected chi connectivity index (χ4v) is 5.05. The fraction of sp³-hybridized carbons (Fsp3) is 0.267. The van der Waals surface area contributed by atoms with E-state index >= 15 is 0 Å². The highest BCUT2D eigenvalue weighted by molar-refractivity contribution is 6.09. The lowest BCUT2D eigenvalue weighted by Gasteiger charge is -2.34. The van der Waals surface area contributed by atoms with Crippen LogP contribution in [0, 0.1) is 0 Å². The van der Waals surface area contributed by atoms with Gasteiger partial charge in [-0.3, -0.25) is 9.69 Å². The van der Waals surface area contributed by atoms with Gasteiger partial charge in [0.25, 0.3) is 5.91 Å². The first-order valence-electron chi connectivity index (χ1n) is 12.5. The van der Waals surface area contributed by atoms with Crippen LogP contribution in [0.5, 0.6) is 0 Å². The van der Waals surface area contributed by atoms with Crippen molar-refractivity contribution in [2.75, 3.05) is 13.1 Å². The summed E-state index contributed by atoms with van der Waals surface area (Å²) in [5.74, 6) is -0.125. The maximum absolute atomic E-state index is 14.0. The Hall–Kier alpha value is -3.54. The summed E-state index contributed by atoms with van der Waals surface area (Å²) in [7, 11) is 0. The third-order valence-corrected chi connectivity index (χ3v) is 6.93. The molecule has 1 fully saturated rings. The van der Waals surface area contributed by atoms with Gasteiger partial charge in [-0.15, -0.1) is 0 Å². The highest BCUT2D eigenvalue weighted by Crippen LogP contribution is 2.36. The summed E-state index contributed by atoms with van der Waals surface area (Å²) in [5.41, 5.74) is 12.0. The van der Waals surface area contributed by atoms with E-state index in [4.69, 9.17) is 10.7 Å². The second-order valence-electron chi connectivity index (χ2n) is 9.28. The van der Waals surface area contributed by atoms with Crippen LogP contribution in [0.3, 0.4) is 0 Å². The molecule has 0 bridgehead atoms. The van der Waals surface area contributed by atoms with Gasteiger partial charge in [0.05, 0.1) is 29.0 Å². The van der Waals surface area contributed by atoms with Gasteiger partial charge in [-0.05, 0) is 44.5 Å². The van der Waals surface area contributed by atoms with Crippen molar-refractivity contribution in [3.8, 4) is 11.3 Å². The molecule has 3 N–H and O–H groups in total. The van der Waals surface area contributed by atoms with Crippen LogP contribution in [-0.4, -0.2) is 28.9 Å². The zero-order valence-electron chi connectivity index (χ0n) is 20.2. The first kappa shape index (κ1) is 23.2. The van der Waals surface area contributed by atoms with Crippen LogP contribution in [-0.2, 0) is 0 Å². The largest absolute Gasteiger partial charge is 0.345 e. The fourth-order valence-electron chi connectivity index (χ4n) is 5.05. The summed E-state index contributed by atoms with van der Waals surface area (Å²) in [6, 6.07) is 27.8. The normalized spacial score (nSPS) is 16.1. The highest BCUT2D eigenvalue weighted by Gasteiger charge is 2.30. The second kappa shape index (κ2) is 10.4. The number of benzene rings is 3. The molecule has 2 heterocycles. The molecule has 1 saturated heterocycles. The monoisotopic (exact) mass is 464 g/mol. The molecule has 178 valence electrons. The van der Waals surface area contributed by atoms with Crippen molar-refractivity contribution in [1.29, 1.82) is 0 Å². The number of likely N-dealkylation sites (tertiary alicyclic amines) is 1. The molecule has 4 aromatic rings. The van der Waals surface area contributed by atoms with E-state index in [9.17, 15) is 4.79 Å². The Morgan fingerprint density at radius 2 is 1.51 bits per heavy atom. The SMILES string of the molecule is CC(NC(=O)c1c([C@@H](N)N2CCCCC2)c(-c2ccccc2)nc2ccccc12)c1ccccc1. The number of hydrogen-bond donors (Lipinski definition) is 2. The maximum atomic E-state index is 14.0. The van der Waals surface area contributed by atoms with Gasteiger partial charge in [0, 0.05) is 16.5 Å². The van der Waals surface area contributed by atoms with Crippen molar-refractivity contribution in [3.63, 3.8) is 0 Å². The Labute approximate surface area is 207 Å². The van der Waals surface area contributed by atoms with Crippen molar-refractivity contribution in [2.24, 2.45) is 5.73 Å². The van der Waals surface area contributed by atoms with E-state index in [2.05, 4.69) is 10.2 Å². The van der Waals surface area contributed by atoms with E-state index in [1.165, 1.54) is 6.42 Å². The minimum Gasteiger partial charge on any atom is -0.345 e. The lowest BCUT2D eigenvalue weighted by molar-refractivity contribution is 0.0936. The van der Waals surface area contributed by atoms with Gasteiger partial charge < -0.3 is 11.1 Å². The Morgan fingerprint density at radius 3 is 2.23 bits per heavy atom. The van der Waals surface area contributed by atoms with E-state index in [1.807, 2.05) is 91.9 Å². The smallest absolute Gasteiger partial charge is 0.252 e. The van der Waals surface area contributed by atoms with E-state index in [0.717, 1.165) is 59.2 Å². The number of aromatic nitrogens is 1. The summed E-state index contributed by atoms with van der Waals surface area (Å²) in [5, 5.41) is 4.07. The average Bonchev–Trinajstić information content (AvgIpc) is 2.93. The molecule has 1 aliphatic heterocycles. The van der Waals surface area contributed by atoms with Crippen LogP contribution in [0.15, 0.2) is 84.9 Å². The molecule has 5 nitrogen and oxygen atoms in total. The lowest BCUT2D eigenvalue weighted by atomic mass is 9.92. The summed E-state index contributed by atoms with van der Waals surface area (Å²) in [6.07, 6.45) is 3.02. The molecule has 5 rings (SSSR count). The van der Waals surface area contributed by atoms with Crippen LogP contribution in [0.1, 0.15) is 59.9 Å². The number of piperidine rings is 1. The van der Waals surface area contributed by atoms with Crippen molar-refractivity contribution in [1.82, 2.24) is 15.2 Å². The molecule has 1 aliphatic rings. The number of carbonyl (C=O) groups is 1. The van der Waals surface area contributed by atoms with E-state index in [1.54, 1.807) is 0 Å². The number of hydrogen-bond acceptors (Lipinski definition) is 4. The van der Waals surface area contributed by atoms with Gasteiger partial charge in [0.1, 0.15) is 0 Å². The van der Waals surface area contributed by atoms with E-state index in [-0.39, 0.29) is 11.9 Å². The van der Waals surface area contributed by atoms with Crippen LogP contribution in [0.25, 0.3) is 22.2 Å². The van der Waals surface area contributed by atoms with Gasteiger partial charge in [-0.2, -0.15) is 0 Å². The molecule has 2 atom stereocenters. The van der Waals surface area contributed by atoms with Crippen molar-refractivity contribution in [2.45, 2.75) is 38.4 Å². The average molecular weight is 465 g/mol. The lowest BCUT2D eigenvalue weighted by Crippen LogP contribution is -2.40. The second-order valence-corrected chi connectivity index (χ2v) is 9.28. The molecule has 35 heavy (non-hydrogen) atoms.